The standard InChI is InChI=1S/C18H27N2O3P/c1-5-18(20-11-10-19-14-20)12-15(2)17-8-6-16(7-9-17)13-24(21,22-3)23-4/h6-11,14-15,18H,5,12-13H2,1-4H3. The van der Waals surface area contributed by atoms with Gasteiger partial charge in [-0.05, 0) is 29.9 Å². The minimum absolute atomic E-state index is 0.293. The third kappa shape index (κ3) is 4.79. The van der Waals surface area contributed by atoms with Crippen LogP contribution in [0.4, 0.5) is 0 Å². The first-order chi connectivity index (χ1) is 11.5. The van der Waals surface area contributed by atoms with Crippen LogP contribution in [0.1, 0.15) is 49.8 Å². The Balaban J connectivity index is 2.03. The van der Waals surface area contributed by atoms with E-state index in [4.69, 9.17) is 9.05 Å². The molecule has 0 bridgehead atoms. The highest BCUT2D eigenvalue weighted by atomic mass is 31.2. The third-order valence-corrected chi connectivity index (χ3v) is 6.39. The molecule has 0 radical (unpaired) electrons. The zero-order chi connectivity index (χ0) is 17.6. The Hall–Kier alpha value is -1.42. The SMILES string of the molecule is CCC(CC(C)c1ccc(CP(=O)(OC)OC)cc1)n1ccnc1. The van der Waals surface area contributed by atoms with Gasteiger partial charge in [-0.25, -0.2) is 4.98 Å². The summed E-state index contributed by atoms with van der Waals surface area (Å²) in [5, 5.41) is 0. The van der Waals surface area contributed by atoms with E-state index in [2.05, 4.69) is 35.5 Å². The van der Waals surface area contributed by atoms with Gasteiger partial charge in [-0.15, -0.1) is 0 Å². The lowest BCUT2D eigenvalue weighted by molar-refractivity contribution is 0.275. The van der Waals surface area contributed by atoms with Gasteiger partial charge in [-0.2, -0.15) is 0 Å². The Labute approximate surface area is 144 Å². The lowest BCUT2D eigenvalue weighted by Crippen LogP contribution is -2.09. The van der Waals surface area contributed by atoms with Crippen LogP contribution in [0.15, 0.2) is 43.0 Å². The molecule has 2 aromatic rings. The molecule has 0 aliphatic rings. The van der Waals surface area contributed by atoms with Gasteiger partial charge in [0.1, 0.15) is 0 Å². The topological polar surface area (TPSA) is 53.4 Å². The van der Waals surface area contributed by atoms with Crippen LogP contribution < -0.4 is 0 Å². The normalized spacial score (nSPS) is 14.5. The van der Waals surface area contributed by atoms with Gasteiger partial charge in [0.15, 0.2) is 0 Å². The molecular weight excluding hydrogens is 323 g/mol. The molecule has 0 fully saturated rings. The van der Waals surface area contributed by atoms with E-state index in [1.54, 1.807) is 0 Å². The van der Waals surface area contributed by atoms with E-state index >= 15 is 0 Å². The van der Waals surface area contributed by atoms with E-state index in [1.165, 1.54) is 19.8 Å². The second-order valence-corrected chi connectivity index (χ2v) is 8.35. The molecule has 0 aliphatic heterocycles. The van der Waals surface area contributed by atoms with Crippen LogP contribution in [-0.2, 0) is 19.8 Å². The average Bonchev–Trinajstić information content (AvgIpc) is 3.14. The Morgan fingerprint density at radius 1 is 1.21 bits per heavy atom. The molecule has 0 spiro atoms. The first kappa shape index (κ1) is 18.9. The first-order valence-corrected chi connectivity index (χ1v) is 10.0. The summed E-state index contributed by atoms with van der Waals surface area (Å²) in [6, 6.07) is 8.68. The number of aromatic nitrogens is 2. The van der Waals surface area contributed by atoms with Crippen LogP contribution in [0.5, 0.6) is 0 Å². The Kier molecular flexibility index (Phi) is 6.79. The van der Waals surface area contributed by atoms with Crippen molar-refractivity contribution < 1.29 is 13.6 Å². The van der Waals surface area contributed by atoms with Gasteiger partial charge in [0.05, 0.1) is 12.5 Å². The molecule has 5 nitrogen and oxygen atoms in total. The lowest BCUT2D eigenvalue weighted by atomic mass is 9.92. The number of benzene rings is 1. The van der Waals surface area contributed by atoms with Crippen LogP contribution in [0.3, 0.4) is 0 Å². The fraction of sp³-hybridized carbons (Fsp3) is 0.500. The molecule has 6 heteroatoms. The number of nitrogens with zero attached hydrogens (tertiary/aromatic N) is 2. The predicted octanol–water partition coefficient (Wildman–Crippen LogP) is 5.01. The van der Waals surface area contributed by atoms with Crippen molar-refractivity contribution in [3.05, 3.63) is 54.1 Å². The Bertz CT molecular complexity index is 647. The monoisotopic (exact) mass is 350 g/mol. The summed E-state index contributed by atoms with van der Waals surface area (Å²) in [5.74, 6) is 0.433. The predicted molar refractivity (Wildman–Crippen MR) is 96.4 cm³/mol. The summed E-state index contributed by atoms with van der Waals surface area (Å²) in [6.45, 7) is 4.44. The summed E-state index contributed by atoms with van der Waals surface area (Å²) in [5.41, 5.74) is 2.24. The minimum Gasteiger partial charge on any atom is -0.334 e. The minimum atomic E-state index is -3.01. The second-order valence-electron chi connectivity index (χ2n) is 6.08. The summed E-state index contributed by atoms with van der Waals surface area (Å²) in [6.07, 6.45) is 8.16. The van der Waals surface area contributed by atoms with Gasteiger partial charge in [0.25, 0.3) is 0 Å². The molecule has 0 saturated heterocycles. The molecule has 1 heterocycles. The number of rotatable bonds is 9. The van der Waals surface area contributed by atoms with Crippen molar-refractivity contribution in [3.8, 4) is 0 Å². The molecule has 24 heavy (non-hydrogen) atoms. The maximum Gasteiger partial charge on any atom is 0.334 e. The largest absolute Gasteiger partial charge is 0.334 e. The van der Waals surface area contributed by atoms with Crippen molar-refractivity contribution in [2.45, 2.75) is 44.8 Å². The number of hydrogen-bond acceptors (Lipinski definition) is 4. The van der Waals surface area contributed by atoms with Gasteiger partial charge >= 0.3 is 7.60 Å². The van der Waals surface area contributed by atoms with Crippen LogP contribution >= 0.6 is 7.60 Å². The fourth-order valence-electron chi connectivity index (χ4n) is 2.91. The molecule has 1 aromatic heterocycles. The molecule has 0 aliphatic carbocycles. The van der Waals surface area contributed by atoms with Crippen molar-refractivity contribution in [2.24, 2.45) is 0 Å². The third-order valence-electron chi connectivity index (χ3n) is 4.52. The molecule has 1 aromatic carbocycles. The van der Waals surface area contributed by atoms with E-state index in [-0.39, 0.29) is 0 Å². The zero-order valence-corrected chi connectivity index (χ0v) is 15.8. The van der Waals surface area contributed by atoms with E-state index in [0.29, 0.717) is 18.1 Å². The molecular formula is C18H27N2O3P. The van der Waals surface area contributed by atoms with Crippen molar-refractivity contribution in [2.75, 3.05) is 14.2 Å². The zero-order valence-electron chi connectivity index (χ0n) is 14.9. The van der Waals surface area contributed by atoms with E-state index in [1.807, 2.05) is 30.9 Å². The fourth-order valence-corrected chi connectivity index (χ4v) is 3.97. The van der Waals surface area contributed by atoms with Crippen molar-refractivity contribution in [1.29, 1.82) is 0 Å². The summed E-state index contributed by atoms with van der Waals surface area (Å²) in [4.78, 5) is 4.15. The van der Waals surface area contributed by atoms with Crippen LogP contribution in [0.25, 0.3) is 0 Å². The van der Waals surface area contributed by atoms with Crippen molar-refractivity contribution in [3.63, 3.8) is 0 Å². The first-order valence-electron chi connectivity index (χ1n) is 8.28. The molecule has 2 rings (SSSR count). The lowest BCUT2D eigenvalue weighted by Gasteiger charge is -2.21. The van der Waals surface area contributed by atoms with Crippen LogP contribution in [-0.4, -0.2) is 23.8 Å². The molecule has 0 amide bonds. The van der Waals surface area contributed by atoms with Crippen molar-refractivity contribution in [1.82, 2.24) is 9.55 Å². The molecule has 132 valence electrons. The van der Waals surface area contributed by atoms with E-state index in [0.717, 1.165) is 18.4 Å². The highest BCUT2D eigenvalue weighted by molar-refractivity contribution is 7.52. The maximum absolute atomic E-state index is 12.2. The highest BCUT2D eigenvalue weighted by Gasteiger charge is 2.21. The molecule has 2 unspecified atom stereocenters. The Morgan fingerprint density at radius 2 is 1.88 bits per heavy atom. The summed E-state index contributed by atoms with van der Waals surface area (Å²) < 4.78 is 24.4. The Morgan fingerprint density at radius 3 is 2.38 bits per heavy atom. The van der Waals surface area contributed by atoms with E-state index < -0.39 is 7.60 Å². The number of imidazole rings is 1. The van der Waals surface area contributed by atoms with Crippen molar-refractivity contribution >= 4 is 7.60 Å². The average molecular weight is 350 g/mol. The van der Waals surface area contributed by atoms with Gasteiger partial charge < -0.3 is 13.6 Å². The van der Waals surface area contributed by atoms with E-state index in [9.17, 15) is 4.57 Å². The molecule has 0 saturated carbocycles. The molecule has 2 atom stereocenters. The maximum atomic E-state index is 12.2. The van der Waals surface area contributed by atoms with Gasteiger partial charge in [-0.1, -0.05) is 38.1 Å². The number of hydrogen-bond donors (Lipinski definition) is 0. The second kappa shape index (κ2) is 8.61. The van der Waals surface area contributed by atoms with Gasteiger partial charge in [0.2, 0.25) is 0 Å². The smallest absolute Gasteiger partial charge is 0.334 e. The summed E-state index contributed by atoms with van der Waals surface area (Å²) in [7, 11) is -0.176. The molecule has 0 N–H and O–H groups in total. The highest BCUT2D eigenvalue weighted by Crippen LogP contribution is 2.49. The summed E-state index contributed by atoms with van der Waals surface area (Å²) >= 11 is 0. The van der Waals surface area contributed by atoms with Crippen LogP contribution in [0.2, 0.25) is 0 Å². The van der Waals surface area contributed by atoms with Gasteiger partial charge in [0, 0.05) is 32.7 Å². The van der Waals surface area contributed by atoms with Crippen LogP contribution in [0, 0.1) is 0 Å². The quantitative estimate of drug-likeness (QED) is 0.596. The van der Waals surface area contributed by atoms with Gasteiger partial charge in [-0.3, -0.25) is 4.57 Å².